The molecule has 7 nitrogen and oxygen atoms in total. The molecule has 24 heavy (non-hydrogen) atoms. The second kappa shape index (κ2) is 6.98. The van der Waals surface area contributed by atoms with Gasteiger partial charge < -0.3 is 9.80 Å². The molecule has 1 aliphatic rings. The Labute approximate surface area is 142 Å². The highest BCUT2D eigenvalue weighted by Crippen LogP contribution is 2.21. The van der Waals surface area contributed by atoms with Crippen LogP contribution in [-0.2, 0) is 6.54 Å². The number of piperidine rings is 1. The van der Waals surface area contributed by atoms with Crippen molar-refractivity contribution in [3.8, 4) is 0 Å². The van der Waals surface area contributed by atoms with Gasteiger partial charge in [0.05, 0.1) is 18.8 Å². The Morgan fingerprint density at radius 1 is 1.29 bits per heavy atom. The molecule has 1 aliphatic heterocycles. The molecular formula is C17H24N6O. The zero-order valence-corrected chi connectivity index (χ0v) is 14.5. The number of aryl methyl sites for hydroxylation is 1. The lowest BCUT2D eigenvalue weighted by molar-refractivity contribution is 0.0576. The van der Waals surface area contributed by atoms with E-state index in [2.05, 4.69) is 15.3 Å². The minimum Gasteiger partial charge on any atom is -0.361 e. The Kier molecular flexibility index (Phi) is 4.78. The van der Waals surface area contributed by atoms with Crippen LogP contribution in [-0.4, -0.2) is 57.5 Å². The minimum absolute atomic E-state index is 0.0404. The van der Waals surface area contributed by atoms with Crippen LogP contribution >= 0.6 is 0 Å². The van der Waals surface area contributed by atoms with Gasteiger partial charge >= 0.3 is 0 Å². The lowest BCUT2D eigenvalue weighted by atomic mass is 10.0. The van der Waals surface area contributed by atoms with Crippen LogP contribution < -0.4 is 4.90 Å². The summed E-state index contributed by atoms with van der Waals surface area (Å²) in [7, 11) is 3.80. The number of aromatic nitrogens is 4. The van der Waals surface area contributed by atoms with Crippen LogP contribution in [0.1, 0.15) is 35.3 Å². The normalized spacial score (nSPS) is 17.8. The summed E-state index contributed by atoms with van der Waals surface area (Å²) >= 11 is 0. The van der Waals surface area contributed by atoms with Crippen LogP contribution in [0.3, 0.4) is 0 Å². The number of likely N-dealkylation sites (tertiary alicyclic amines) is 1. The number of amides is 1. The molecule has 1 fully saturated rings. The van der Waals surface area contributed by atoms with E-state index in [1.54, 1.807) is 6.07 Å². The summed E-state index contributed by atoms with van der Waals surface area (Å²) in [6, 6.07) is 3.74. The van der Waals surface area contributed by atoms with Gasteiger partial charge in [0.2, 0.25) is 0 Å². The summed E-state index contributed by atoms with van der Waals surface area (Å²) < 4.78 is 1.92. The van der Waals surface area contributed by atoms with Gasteiger partial charge in [-0.1, -0.05) is 0 Å². The summed E-state index contributed by atoms with van der Waals surface area (Å²) in [5.41, 5.74) is 1.54. The highest BCUT2D eigenvalue weighted by atomic mass is 16.2. The van der Waals surface area contributed by atoms with E-state index in [1.807, 2.05) is 54.0 Å². The summed E-state index contributed by atoms with van der Waals surface area (Å²) in [5, 5.41) is 12.6. The molecule has 0 saturated carbocycles. The second-order valence-electron chi connectivity index (χ2n) is 6.56. The molecule has 128 valence electrons. The van der Waals surface area contributed by atoms with E-state index in [0.717, 1.165) is 43.7 Å². The Morgan fingerprint density at radius 2 is 2.12 bits per heavy atom. The fraction of sp³-hybridized carbons (Fsp3) is 0.529. The van der Waals surface area contributed by atoms with Crippen LogP contribution in [0.25, 0.3) is 0 Å². The van der Waals surface area contributed by atoms with Crippen molar-refractivity contribution in [1.82, 2.24) is 24.9 Å². The number of carbonyl (C=O) groups excluding carboxylic acids is 1. The first-order valence-electron chi connectivity index (χ1n) is 8.35. The molecule has 0 aliphatic carbocycles. The fourth-order valence-corrected chi connectivity index (χ4v) is 3.07. The number of nitrogens with zero attached hydrogens (tertiary/aromatic N) is 6. The highest BCUT2D eigenvalue weighted by Gasteiger charge is 2.29. The molecule has 2 aromatic rings. The molecule has 0 spiro atoms. The van der Waals surface area contributed by atoms with Crippen LogP contribution in [0, 0.1) is 6.92 Å². The molecule has 3 heterocycles. The summed E-state index contributed by atoms with van der Waals surface area (Å²) in [4.78, 5) is 16.7. The smallest absolute Gasteiger partial charge is 0.274 e. The van der Waals surface area contributed by atoms with Crippen molar-refractivity contribution in [1.29, 1.82) is 0 Å². The van der Waals surface area contributed by atoms with Crippen molar-refractivity contribution in [3.63, 3.8) is 0 Å². The fourth-order valence-electron chi connectivity index (χ4n) is 3.07. The molecule has 0 unspecified atom stereocenters. The maximum absolute atomic E-state index is 12.9. The van der Waals surface area contributed by atoms with E-state index in [4.69, 9.17) is 0 Å². The molecular weight excluding hydrogens is 304 g/mol. The van der Waals surface area contributed by atoms with Crippen LogP contribution in [0.5, 0.6) is 0 Å². The minimum atomic E-state index is -0.0404. The quantitative estimate of drug-likeness (QED) is 0.855. The molecule has 2 aromatic heterocycles. The summed E-state index contributed by atoms with van der Waals surface area (Å²) in [5.74, 6) is 0.704. The van der Waals surface area contributed by atoms with Crippen molar-refractivity contribution in [3.05, 3.63) is 35.8 Å². The van der Waals surface area contributed by atoms with E-state index in [-0.39, 0.29) is 11.9 Å². The average molecular weight is 328 g/mol. The van der Waals surface area contributed by atoms with Gasteiger partial charge in [-0.3, -0.25) is 9.48 Å². The average Bonchev–Trinajstić information content (AvgIpc) is 3.00. The lowest BCUT2D eigenvalue weighted by Crippen LogP contribution is -2.46. The van der Waals surface area contributed by atoms with Gasteiger partial charge in [-0.15, -0.1) is 10.2 Å². The molecule has 0 N–H and O–H groups in total. The Morgan fingerprint density at radius 3 is 2.75 bits per heavy atom. The second-order valence-corrected chi connectivity index (χ2v) is 6.56. The first-order valence-corrected chi connectivity index (χ1v) is 8.35. The molecule has 3 rings (SSSR count). The largest absolute Gasteiger partial charge is 0.361 e. The zero-order chi connectivity index (χ0) is 17.1. The van der Waals surface area contributed by atoms with Crippen molar-refractivity contribution in [2.75, 3.05) is 25.5 Å². The molecule has 1 saturated heterocycles. The summed E-state index contributed by atoms with van der Waals surface area (Å²) in [6.07, 6.45) is 7.03. The van der Waals surface area contributed by atoms with Crippen molar-refractivity contribution >= 4 is 11.7 Å². The topological polar surface area (TPSA) is 67.2 Å². The number of anilines is 1. The predicted molar refractivity (Wildman–Crippen MR) is 92.0 cm³/mol. The van der Waals surface area contributed by atoms with Gasteiger partial charge in [0.25, 0.3) is 5.91 Å². The maximum atomic E-state index is 12.9. The standard InChI is InChI=1S/C17H24N6O/c1-13-10-18-22(11-13)12-14-6-4-5-9-23(14)17(24)15-7-8-16(20-19-15)21(2)3/h7-8,10-11,14H,4-6,9,12H2,1-3H3/t14-/m0/s1. The summed E-state index contributed by atoms with van der Waals surface area (Å²) in [6.45, 7) is 3.51. The monoisotopic (exact) mass is 328 g/mol. The predicted octanol–water partition coefficient (Wildman–Crippen LogP) is 1.74. The van der Waals surface area contributed by atoms with Crippen LogP contribution in [0.4, 0.5) is 5.82 Å². The van der Waals surface area contributed by atoms with E-state index in [1.165, 1.54) is 0 Å². The first kappa shape index (κ1) is 16.4. The van der Waals surface area contributed by atoms with Gasteiger partial charge in [0.15, 0.2) is 11.5 Å². The van der Waals surface area contributed by atoms with Gasteiger partial charge in [-0.05, 0) is 43.9 Å². The molecule has 1 amide bonds. The first-order chi connectivity index (χ1) is 11.5. The lowest BCUT2D eigenvalue weighted by Gasteiger charge is -2.35. The van der Waals surface area contributed by atoms with E-state index < -0.39 is 0 Å². The molecule has 7 heteroatoms. The SMILES string of the molecule is Cc1cnn(C[C@@H]2CCCCN2C(=O)c2ccc(N(C)C)nn2)c1. The zero-order valence-electron chi connectivity index (χ0n) is 14.5. The van der Waals surface area contributed by atoms with E-state index in [9.17, 15) is 4.79 Å². The third-order valence-electron chi connectivity index (χ3n) is 4.38. The Hall–Kier alpha value is -2.44. The van der Waals surface area contributed by atoms with Gasteiger partial charge in [0.1, 0.15) is 0 Å². The molecule has 0 bridgehead atoms. The van der Waals surface area contributed by atoms with Crippen molar-refractivity contribution in [2.24, 2.45) is 0 Å². The maximum Gasteiger partial charge on any atom is 0.274 e. The molecule has 0 aromatic carbocycles. The Balaban J connectivity index is 1.75. The highest BCUT2D eigenvalue weighted by molar-refractivity contribution is 5.92. The number of carbonyl (C=O) groups is 1. The van der Waals surface area contributed by atoms with Gasteiger partial charge in [-0.2, -0.15) is 5.10 Å². The number of hydrogen-bond donors (Lipinski definition) is 0. The molecule has 1 atom stereocenters. The van der Waals surface area contributed by atoms with Gasteiger partial charge in [-0.25, -0.2) is 0 Å². The number of hydrogen-bond acceptors (Lipinski definition) is 5. The van der Waals surface area contributed by atoms with Crippen molar-refractivity contribution in [2.45, 2.75) is 38.8 Å². The van der Waals surface area contributed by atoms with E-state index in [0.29, 0.717) is 5.69 Å². The third-order valence-corrected chi connectivity index (χ3v) is 4.38. The van der Waals surface area contributed by atoms with Gasteiger partial charge in [0, 0.05) is 26.8 Å². The third kappa shape index (κ3) is 3.55. The van der Waals surface area contributed by atoms with Crippen molar-refractivity contribution < 1.29 is 4.79 Å². The van der Waals surface area contributed by atoms with Crippen LogP contribution in [0.15, 0.2) is 24.5 Å². The number of rotatable bonds is 4. The molecule has 0 radical (unpaired) electrons. The van der Waals surface area contributed by atoms with Crippen LogP contribution in [0.2, 0.25) is 0 Å². The van der Waals surface area contributed by atoms with E-state index >= 15 is 0 Å². The Bertz CT molecular complexity index is 693.